The van der Waals surface area contributed by atoms with Crippen molar-refractivity contribution in [3.8, 4) is 0 Å². The molecule has 3 aromatic rings. The molecular formula is C23H21Cl3N4O5S. The van der Waals surface area contributed by atoms with Crippen molar-refractivity contribution in [2.45, 2.75) is 30.7 Å². The molecule has 190 valence electrons. The Labute approximate surface area is 222 Å². The van der Waals surface area contributed by atoms with Crippen LogP contribution >= 0.6 is 34.8 Å². The maximum absolute atomic E-state index is 12.5. The van der Waals surface area contributed by atoms with Crippen molar-refractivity contribution in [3.63, 3.8) is 0 Å². The fourth-order valence-corrected chi connectivity index (χ4v) is 5.67. The normalized spacial score (nSPS) is 12.1. The lowest BCUT2D eigenvalue weighted by Crippen LogP contribution is -2.32. The van der Waals surface area contributed by atoms with E-state index in [1.54, 1.807) is 31.2 Å². The van der Waals surface area contributed by atoms with Crippen molar-refractivity contribution >= 4 is 68.0 Å². The molecule has 0 aliphatic heterocycles. The third-order valence-electron chi connectivity index (χ3n) is 4.98. The second-order valence-electron chi connectivity index (χ2n) is 7.69. The van der Waals surface area contributed by atoms with Gasteiger partial charge in [-0.3, -0.25) is 9.78 Å². The van der Waals surface area contributed by atoms with Gasteiger partial charge in [-0.15, -0.1) is 0 Å². The summed E-state index contributed by atoms with van der Waals surface area (Å²) in [6.07, 6.45) is 4.24. The summed E-state index contributed by atoms with van der Waals surface area (Å²) in [5.74, 6) is -1.71. The topological polar surface area (TPSA) is 138 Å². The molecule has 0 aliphatic carbocycles. The van der Waals surface area contributed by atoms with Gasteiger partial charge in [-0.1, -0.05) is 53.9 Å². The predicted octanol–water partition coefficient (Wildman–Crippen LogP) is 4.98. The van der Waals surface area contributed by atoms with Crippen LogP contribution in [0.25, 0.3) is 0 Å². The average molecular weight is 572 g/mol. The summed E-state index contributed by atoms with van der Waals surface area (Å²) in [4.78, 5) is 32.1. The second kappa shape index (κ2) is 11.9. The first-order valence-corrected chi connectivity index (χ1v) is 13.4. The van der Waals surface area contributed by atoms with Gasteiger partial charge in [0, 0.05) is 36.8 Å². The van der Waals surface area contributed by atoms with Gasteiger partial charge in [0.15, 0.2) is 9.84 Å². The molecule has 0 fully saturated rings. The van der Waals surface area contributed by atoms with E-state index in [4.69, 9.17) is 34.8 Å². The number of carboxylic acids is 1. The number of sulfone groups is 1. The van der Waals surface area contributed by atoms with E-state index in [0.29, 0.717) is 17.7 Å². The molecule has 3 N–H and O–H groups in total. The van der Waals surface area contributed by atoms with Crippen LogP contribution in [0.2, 0.25) is 15.1 Å². The number of rotatable bonds is 10. The van der Waals surface area contributed by atoms with Crippen LogP contribution in [0.4, 0.5) is 11.5 Å². The van der Waals surface area contributed by atoms with Gasteiger partial charge >= 0.3 is 5.97 Å². The van der Waals surface area contributed by atoms with Crippen LogP contribution in [0.15, 0.2) is 53.8 Å². The standard InChI is InChI=1S/C23H21Cl3N4O5S/c1-2-7-36(34,35)19-9-20(28-12-15(19)24)30-18(23(32)33)8-13-3-5-14(6-4-13)29-22(31)21-16(25)10-27-11-17(21)26/h3-6,9-12,18H,2,7-8H2,1H3,(H,28,30)(H,29,31)(H,32,33)/t18-/m0/s1. The Bertz CT molecular complexity index is 1360. The zero-order valence-electron chi connectivity index (χ0n) is 18.8. The molecule has 2 aromatic heterocycles. The summed E-state index contributed by atoms with van der Waals surface area (Å²) in [5.41, 5.74) is 1.17. The van der Waals surface area contributed by atoms with Crippen molar-refractivity contribution in [3.05, 3.63) is 75.1 Å². The van der Waals surface area contributed by atoms with Crippen molar-refractivity contribution in [1.29, 1.82) is 0 Å². The highest BCUT2D eigenvalue weighted by Crippen LogP contribution is 2.26. The largest absolute Gasteiger partial charge is 0.480 e. The zero-order valence-corrected chi connectivity index (χ0v) is 21.9. The van der Waals surface area contributed by atoms with Crippen LogP contribution in [0.5, 0.6) is 0 Å². The van der Waals surface area contributed by atoms with E-state index < -0.39 is 27.8 Å². The molecule has 13 heteroatoms. The first-order valence-electron chi connectivity index (χ1n) is 10.6. The van der Waals surface area contributed by atoms with Crippen molar-refractivity contribution < 1.29 is 23.1 Å². The molecule has 1 atom stereocenters. The van der Waals surface area contributed by atoms with Gasteiger partial charge in [-0.2, -0.15) is 0 Å². The number of nitrogens with one attached hydrogen (secondary N) is 2. The number of hydrogen-bond donors (Lipinski definition) is 3. The number of amides is 1. The maximum atomic E-state index is 12.5. The van der Waals surface area contributed by atoms with Crippen LogP contribution in [0, 0.1) is 0 Å². The summed E-state index contributed by atoms with van der Waals surface area (Å²) in [7, 11) is -3.63. The van der Waals surface area contributed by atoms with Crippen LogP contribution in [-0.4, -0.2) is 47.2 Å². The maximum Gasteiger partial charge on any atom is 0.326 e. The number of carbonyl (C=O) groups excluding carboxylic acids is 1. The van der Waals surface area contributed by atoms with Gasteiger partial charge in [-0.05, 0) is 24.1 Å². The molecule has 0 spiro atoms. The third kappa shape index (κ3) is 6.85. The number of anilines is 2. The van der Waals surface area contributed by atoms with Crippen LogP contribution < -0.4 is 10.6 Å². The SMILES string of the molecule is CCCS(=O)(=O)c1cc(N[C@@H](Cc2ccc(NC(=O)c3c(Cl)cncc3Cl)cc2)C(=O)O)ncc1Cl. The number of halogens is 3. The molecule has 0 unspecified atom stereocenters. The second-order valence-corrected chi connectivity index (χ2v) is 11.0. The number of aromatic nitrogens is 2. The molecule has 3 rings (SSSR count). The summed E-state index contributed by atoms with van der Waals surface area (Å²) in [5, 5.41) is 15.3. The highest BCUT2D eigenvalue weighted by molar-refractivity contribution is 7.91. The minimum atomic E-state index is -3.63. The number of carbonyl (C=O) groups is 2. The first-order chi connectivity index (χ1) is 17.0. The first kappa shape index (κ1) is 27.7. The fourth-order valence-electron chi connectivity index (χ4n) is 3.28. The molecule has 2 heterocycles. The Morgan fingerprint density at radius 3 is 2.25 bits per heavy atom. The van der Waals surface area contributed by atoms with E-state index in [0.717, 1.165) is 0 Å². The zero-order chi connectivity index (χ0) is 26.5. The van der Waals surface area contributed by atoms with Gasteiger partial charge < -0.3 is 15.7 Å². The predicted molar refractivity (Wildman–Crippen MR) is 139 cm³/mol. The Kier molecular flexibility index (Phi) is 9.13. The molecule has 9 nitrogen and oxygen atoms in total. The summed E-state index contributed by atoms with van der Waals surface area (Å²) < 4.78 is 24.9. The van der Waals surface area contributed by atoms with Gasteiger partial charge in [0.2, 0.25) is 0 Å². The lowest BCUT2D eigenvalue weighted by atomic mass is 10.1. The van der Waals surface area contributed by atoms with Gasteiger partial charge in [-0.25, -0.2) is 18.2 Å². The smallest absolute Gasteiger partial charge is 0.326 e. The number of nitrogens with zero attached hydrogens (tertiary/aromatic N) is 2. The van der Waals surface area contributed by atoms with Crippen LogP contribution in [-0.2, 0) is 21.1 Å². The number of hydrogen-bond acceptors (Lipinski definition) is 7. The Hall–Kier alpha value is -2.92. The molecule has 1 amide bonds. The number of pyridine rings is 2. The van der Waals surface area contributed by atoms with E-state index in [2.05, 4.69) is 20.6 Å². The van der Waals surface area contributed by atoms with Crippen molar-refractivity contribution in [1.82, 2.24) is 9.97 Å². The highest BCUT2D eigenvalue weighted by atomic mass is 35.5. The summed E-state index contributed by atoms with van der Waals surface area (Å²) in [6, 6.07) is 6.62. The lowest BCUT2D eigenvalue weighted by Gasteiger charge is -2.16. The third-order valence-corrected chi connectivity index (χ3v) is 7.92. The van der Waals surface area contributed by atoms with E-state index in [9.17, 15) is 23.1 Å². The fraction of sp³-hybridized carbons (Fsp3) is 0.217. The van der Waals surface area contributed by atoms with E-state index in [1.807, 2.05) is 0 Å². The van der Waals surface area contributed by atoms with Gasteiger partial charge in [0.25, 0.3) is 5.91 Å². The molecule has 0 aliphatic rings. The molecule has 1 aromatic carbocycles. The molecule has 36 heavy (non-hydrogen) atoms. The van der Waals surface area contributed by atoms with E-state index in [-0.39, 0.29) is 43.5 Å². The average Bonchev–Trinajstić information content (AvgIpc) is 2.80. The van der Waals surface area contributed by atoms with E-state index in [1.165, 1.54) is 24.7 Å². The minimum absolute atomic E-state index is 0.0344. The monoisotopic (exact) mass is 570 g/mol. The quantitative estimate of drug-likeness (QED) is 0.310. The molecule has 0 saturated heterocycles. The molecule has 0 radical (unpaired) electrons. The Balaban J connectivity index is 1.73. The van der Waals surface area contributed by atoms with E-state index >= 15 is 0 Å². The van der Waals surface area contributed by atoms with Gasteiger partial charge in [0.05, 0.1) is 31.3 Å². The highest BCUT2D eigenvalue weighted by Gasteiger charge is 2.22. The number of benzene rings is 1. The lowest BCUT2D eigenvalue weighted by molar-refractivity contribution is -0.137. The van der Waals surface area contributed by atoms with Crippen molar-refractivity contribution in [2.75, 3.05) is 16.4 Å². The Morgan fingerprint density at radius 1 is 1.03 bits per heavy atom. The molecular weight excluding hydrogens is 551 g/mol. The number of aliphatic carboxylic acids is 1. The van der Waals surface area contributed by atoms with Gasteiger partial charge in [0.1, 0.15) is 11.9 Å². The summed E-state index contributed by atoms with van der Waals surface area (Å²) >= 11 is 18.0. The van der Waals surface area contributed by atoms with Crippen molar-refractivity contribution in [2.24, 2.45) is 0 Å². The van der Waals surface area contributed by atoms with Crippen LogP contribution in [0.3, 0.4) is 0 Å². The molecule has 0 saturated carbocycles. The summed E-state index contributed by atoms with van der Waals surface area (Å²) in [6.45, 7) is 1.73. The molecule has 0 bridgehead atoms. The Morgan fingerprint density at radius 2 is 1.67 bits per heavy atom. The van der Waals surface area contributed by atoms with Crippen LogP contribution in [0.1, 0.15) is 29.3 Å². The minimum Gasteiger partial charge on any atom is -0.480 e. The number of carboxylic acid groups (broad SMARTS) is 1.